The summed E-state index contributed by atoms with van der Waals surface area (Å²) in [5, 5.41) is 14.5. The highest BCUT2D eigenvalue weighted by atomic mass is 32.2. The zero-order chi connectivity index (χ0) is 21.7. The summed E-state index contributed by atoms with van der Waals surface area (Å²) in [5.74, 6) is 0.489. The number of nitrogens with zero attached hydrogens (tertiary/aromatic N) is 3. The summed E-state index contributed by atoms with van der Waals surface area (Å²) in [6.45, 7) is 4.28. The fourth-order valence-electron chi connectivity index (χ4n) is 2.82. The first kappa shape index (κ1) is 21.4. The van der Waals surface area contributed by atoms with Crippen LogP contribution >= 0.6 is 11.8 Å². The molecule has 156 valence electrons. The van der Waals surface area contributed by atoms with Crippen LogP contribution in [0.4, 0.5) is 11.4 Å². The Balaban J connectivity index is 1.68. The smallest absolute Gasteiger partial charge is 0.296 e. The van der Waals surface area contributed by atoms with Gasteiger partial charge in [0.25, 0.3) is 5.69 Å². The number of nitro benzene ring substituents is 1. The van der Waals surface area contributed by atoms with Gasteiger partial charge < -0.3 is 10.1 Å². The summed E-state index contributed by atoms with van der Waals surface area (Å²) < 4.78 is 6.91. The molecule has 0 saturated heterocycles. The molecule has 0 aliphatic heterocycles. The van der Waals surface area contributed by atoms with Gasteiger partial charge in [-0.25, -0.2) is 4.98 Å². The maximum absolute atomic E-state index is 12.4. The van der Waals surface area contributed by atoms with Gasteiger partial charge in [-0.05, 0) is 35.7 Å². The van der Waals surface area contributed by atoms with Crippen LogP contribution in [-0.2, 0) is 4.79 Å². The molecular formula is C21H22N4O4S. The van der Waals surface area contributed by atoms with Crippen molar-refractivity contribution in [2.75, 3.05) is 18.2 Å². The van der Waals surface area contributed by atoms with Crippen molar-refractivity contribution >= 4 is 29.0 Å². The number of rotatable bonds is 8. The number of methoxy groups -OCH3 is 1. The van der Waals surface area contributed by atoms with Crippen LogP contribution in [0.5, 0.6) is 5.75 Å². The predicted octanol–water partition coefficient (Wildman–Crippen LogP) is 4.64. The molecule has 1 N–H and O–H groups in total. The van der Waals surface area contributed by atoms with Gasteiger partial charge in [0.05, 0.1) is 23.9 Å². The molecular weight excluding hydrogens is 404 g/mol. The van der Waals surface area contributed by atoms with Crippen molar-refractivity contribution in [1.82, 2.24) is 9.55 Å². The van der Waals surface area contributed by atoms with E-state index in [0.29, 0.717) is 16.8 Å². The molecule has 0 aliphatic carbocycles. The summed E-state index contributed by atoms with van der Waals surface area (Å²) in [6.07, 6.45) is 3.50. The number of ether oxygens (including phenoxy) is 1. The van der Waals surface area contributed by atoms with Crippen LogP contribution in [0.3, 0.4) is 0 Å². The molecule has 9 heteroatoms. The number of nitrogens with one attached hydrogen (secondary N) is 1. The SMILES string of the molecule is COc1ccc(NC(=O)CSc2nccn2-c2ccc(C(C)C)cc2)c([N+](=O)[O-])c1. The van der Waals surface area contributed by atoms with Crippen LogP contribution in [0.2, 0.25) is 0 Å². The van der Waals surface area contributed by atoms with Gasteiger partial charge in [-0.2, -0.15) is 0 Å². The first-order valence-corrected chi connectivity index (χ1v) is 10.3. The van der Waals surface area contributed by atoms with Crippen LogP contribution in [-0.4, -0.2) is 33.2 Å². The molecule has 0 atom stereocenters. The second-order valence-corrected chi connectivity index (χ2v) is 7.75. The van der Waals surface area contributed by atoms with Crippen molar-refractivity contribution in [3.8, 4) is 11.4 Å². The van der Waals surface area contributed by atoms with Gasteiger partial charge in [-0.3, -0.25) is 19.5 Å². The zero-order valence-corrected chi connectivity index (χ0v) is 17.7. The van der Waals surface area contributed by atoms with Crippen molar-refractivity contribution in [2.24, 2.45) is 0 Å². The van der Waals surface area contributed by atoms with Crippen molar-refractivity contribution in [3.63, 3.8) is 0 Å². The number of carbonyl (C=O) groups is 1. The second kappa shape index (κ2) is 9.45. The molecule has 0 spiro atoms. The molecule has 0 radical (unpaired) electrons. The van der Waals surface area contributed by atoms with Gasteiger partial charge in [-0.15, -0.1) is 0 Å². The molecule has 1 aromatic heterocycles. The lowest BCUT2D eigenvalue weighted by Crippen LogP contribution is -2.15. The molecule has 0 saturated carbocycles. The van der Waals surface area contributed by atoms with E-state index in [-0.39, 0.29) is 23.0 Å². The van der Waals surface area contributed by atoms with Gasteiger partial charge in [0, 0.05) is 18.1 Å². The van der Waals surface area contributed by atoms with Crippen molar-refractivity contribution in [3.05, 3.63) is 70.5 Å². The standard InChI is InChI=1S/C21H22N4O4S/c1-14(2)15-4-6-16(7-5-15)24-11-10-22-21(24)30-13-20(26)23-18-9-8-17(29-3)12-19(18)25(27)28/h4-12,14H,13H2,1-3H3,(H,23,26). The molecule has 1 heterocycles. The van der Waals surface area contributed by atoms with Crippen LogP contribution in [0.15, 0.2) is 60.0 Å². The van der Waals surface area contributed by atoms with E-state index in [1.165, 1.54) is 36.6 Å². The van der Waals surface area contributed by atoms with Crippen molar-refractivity contribution in [1.29, 1.82) is 0 Å². The third kappa shape index (κ3) is 4.98. The lowest BCUT2D eigenvalue weighted by Gasteiger charge is -2.10. The molecule has 8 nitrogen and oxygen atoms in total. The van der Waals surface area contributed by atoms with Crippen molar-refractivity contribution < 1.29 is 14.5 Å². The summed E-state index contributed by atoms with van der Waals surface area (Å²) in [5.41, 5.74) is 2.09. The highest BCUT2D eigenvalue weighted by molar-refractivity contribution is 7.99. The highest BCUT2D eigenvalue weighted by Gasteiger charge is 2.18. The molecule has 2 aromatic carbocycles. The third-order valence-corrected chi connectivity index (χ3v) is 5.42. The monoisotopic (exact) mass is 426 g/mol. The average Bonchev–Trinajstić information content (AvgIpc) is 3.21. The van der Waals surface area contributed by atoms with E-state index in [1.54, 1.807) is 12.3 Å². The number of anilines is 1. The molecule has 30 heavy (non-hydrogen) atoms. The van der Waals surface area contributed by atoms with Gasteiger partial charge in [0.2, 0.25) is 5.91 Å². The predicted molar refractivity (Wildman–Crippen MR) is 117 cm³/mol. The number of nitro groups is 1. The molecule has 1 amide bonds. The van der Waals surface area contributed by atoms with E-state index in [0.717, 1.165) is 5.69 Å². The Labute approximate surface area is 178 Å². The lowest BCUT2D eigenvalue weighted by atomic mass is 10.0. The van der Waals surface area contributed by atoms with E-state index in [1.807, 2.05) is 22.9 Å². The fourth-order valence-corrected chi connectivity index (χ4v) is 3.60. The Hall–Kier alpha value is -3.33. The Bertz CT molecular complexity index is 1050. The summed E-state index contributed by atoms with van der Waals surface area (Å²) in [4.78, 5) is 27.4. The second-order valence-electron chi connectivity index (χ2n) is 6.80. The fraction of sp³-hybridized carbons (Fsp3) is 0.238. The highest BCUT2D eigenvalue weighted by Crippen LogP contribution is 2.29. The number of carbonyl (C=O) groups excluding carboxylic acids is 1. The zero-order valence-electron chi connectivity index (χ0n) is 16.9. The van der Waals surface area contributed by atoms with E-state index in [4.69, 9.17) is 4.74 Å². The number of hydrogen-bond acceptors (Lipinski definition) is 6. The average molecular weight is 426 g/mol. The Morgan fingerprint density at radius 3 is 2.63 bits per heavy atom. The molecule has 0 bridgehead atoms. The molecule has 0 unspecified atom stereocenters. The van der Waals surface area contributed by atoms with E-state index in [9.17, 15) is 14.9 Å². The quantitative estimate of drug-likeness (QED) is 0.320. The number of imidazole rings is 1. The van der Waals surface area contributed by atoms with E-state index >= 15 is 0 Å². The Kier molecular flexibility index (Phi) is 6.73. The summed E-state index contributed by atoms with van der Waals surface area (Å²) >= 11 is 1.25. The van der Waals surface area contributed by atoms with E-state index in [2.05, 4.69) is 36.3 Å². The molecule has 0 fully saturated rings. The number of thioether (sulfide) groups is 1. The lowest BCUT2D eigenvalue weighted by molar-refractivity contribution is -0.384. The minimum absolute atomic E-state index is 0.0598. The van der Waals surface area contributed by atoms with E-state index < -0.39 is 4.92 Å². The first-order chi connectivity index (χ1) is 14.4. The third-order valence-electron chi connectivity index (χ3n) is 4.45. The van der Waals surface area contributed by atoms with Gasteiger partial charge in [0.1, 0.15) is 11.4 Å². The van der Waals surface area contributed by atoms with Crippen molar-refractivity contribution in [2.45, 2.75) is 24.9 Å². The van der Waals surface area contributed by atoms with Gasteiger partial charge in [0.15, 0.2) is 5.16 Å². The molecule has 0 aliphatic rings. The first-order valence-electron chi connectivity index (χ1n) is 9.27. The number of amides is 1. The molecule has 3 rings (SSSR count). The molecule has 3 aromatic rings. The minimum atomic E-state index is -0.557. The summed E-state index contributed by atoms with van der Waals surface area (Å²) in [6, 6.07) is 12.5. The van der Waals surface area contributed by atoms with Gasteiger partial charge >= 0.3 is 0 Å². The number of aromatic nitrogens is 2. The maximum atomic E-state index is 12.4. The number of hydrogen-bond donors (Lipinski definition) is 1. The van der Waals surface area contributed by atoms with Crippen LogP contribution in [0.1, 0.15) is 25.3 Å². The largest absolute Gasteiger partial charge is 0.496 e. The topological polar surface area (TPSA) is 99.3 Å². The van der Waals surface area contributed by atoms with Crippen LogP contribution < -0.4 is 10.1 Å². The van der Waals surface area contributed by atoms with Gasteiger partial charge in [-0.1, -0.05) is 37.7 Å². The van der Waals surface area contributed by atoms with Crippen LogP contribution in [0, 0.1) is 10.1 Å². The normalized spacial score (nSPS) is 10.8. The minimum Gasteiger partial charge on any atom is -0.496 e. The maximum Gasteiger partial charge on any atom is 0.296 e. The van der Waals surface area contributed by atoms with Crippen LogP contribution in [0.25, 0.3) is 5.69 Å². The Morgan fingerprint density at radius 2 is 2.00 bits per heavy atom. The number of benzene rings is 2. The summed E-state index contributed by atoms with van der Waals surface area (Å²) in [7, 11) is 1.42. The Morgan fingerprint density at radius 1 is 1.27 bits per heavy atom.